The topological polar surface area (TPSA) is 16.1 Å². The van der Waals surface area contributed by atoms with Gasteiger partial charge in [-0.25, -0.2) is 4.98 Å². The molecule has 1 aromatic heterocycles. The Morgan fingerprint density at radius 3 is 2.56 bits per heavy atom. The Morgan fingerprint density at radius 1 is 1.17 bits per heavy atom. The van der Waals surface area contributed by atoms with Crippen molar-refractivity contribution in [1.82, 2.24) is 4.98 Å². The zero-order valence-corrected chi connectivity index (χ0v) is 12.3. The van der Waals surface area contributed by atoms with E-state index < -0.39 is 0 Å². The maximum absolute atomic E-state index is 4.45. The maximum Gasteiger partial charge on any atom is 0.128 e. The first-order valence-electron chi connectivity index (χ1n) is 6.11. The van der Waals surface area contributed by atoms with Crippen LogP contribution < -0.4 is 4.90 Å². The van der Waals surface area contributed by atoms with Crippen LogP contribution in [-0.2, 0) is 6.54 Å². The van der Waals surface area contributed by atoms with E-state index in [-0.39, 0.29) is 0 Å². The minimum atomic E-state index is 0.901. The monoisotopic (exact) mass is 304 g/mol. The molecule has 0 radical (unpaired) electrons. The zero-order chi connectivity index (χ0) is 13.0. The van der Waals surface area contributed by atoms with Crippen LogP contribution in [0.1, 0.15) is 18.1 Å². The predicted octanol–water partition coefficient (Wildman–Crippen LogP) is 4.18. The number of benzene rings is 1. The molecule has 3 heteroatoms. The SMILES string of the molecule is CCN(Cc1ccccc1C)c1ccc(Br)cn1. The van der Waals surface area contributed by atoms with Crippen LogP contribution in [0.2, 0.25) is 0 Å². The molecule has 0 N–H and O–H groups in total. The molecular formula is C15H17BrN2. The number of hydrogen-bond acceptors (Lipinski definition) is 2. The highest BCUT2D eigenvalue weighted by molar-refractivity contribution is 9.10. The average molecular weight is 305 g/mol. The molecule has 0 aliphatic carbocycles. The predicted molar refractivity (Wildman–Crippen MR) is 79.8 cm³/mol. The van der Waals surface area contributed by atoms with Gasteiger partial charge in [-0.3, -0.25) is 0 Å². The molecule has 94 valence electrons. The maximum atomic E-state index is 4.45. The molecule has 18 heavy (non-hydrogen) atoms. The second-order valence-electron chi connectivity index (χ2n) is 4.28. The van der Waals surface area contributed by atoms with Crippen LogP contribution in [0.3, 0.4) is 0 Å². The van der Waals surface area contributed by atoms with Gasteiger partial charge in [0.25, 0.3) is 0 Å². The first-order valence-corrected chi connectivity index (χ1v) is 6.91. The first kappa shape index (κ1) is 13.1. The van der Waals surface area contributed by atoms with Crippen LogP contribution in [-0.4, -0.2) is 11.5 Å². The van der Waals surface area contributed by atoms with E-state index >= 15 is 0 Å². The fraction of sp³-hybridized carbons (Fsp3) is 0.267. The molecule has 0 saturated heterocycles. The van der Waals surface area contributed by atoms with E-state index in [1.54, 1.807) is 0 Å². The molecule has 0 unspecified atom stereocenters. The highest BCUT2D eigenvalue weighted by Crippen LogP contribution is 2.18. The molecule has 0 saturated carbocycles. The third-order valence-corrected chi connectivity index (χ3v) is 3.51. The second-order valence-corrected chi connectivity index (χ2v) is 5.19. The summed E-state index contributed by atoms with van der Waals surface area (Å²) in [5.74, 6) is 1.02. The lowest BCUT2D eigenvalue weighted by Gasteiger charge is -2.22. The summed E-state index contributed by atoms with van der Waals surface area (Å²) in [6.07, 6.45) is 1.84. The van der Waals surface area contributed by atoms with Crippen molar-refractivity contribution in [1.29, 1.82) is 0 Å². The van der Waals surface area contributed by atoms with Crippen molar-refractivity contribution in [3.05, 3.63) is 58.2 Å². The Hall–Kier alpha value is -1.35. The standard InChI is InChI=1S/C15H17BrN2/c1-3-18(15-9-8-14(16)10-17-15)11-13-7-5-4-6-12(13)2/h4-10H,3,11H2,1-2H3. The van der Waals surface area contributed by atoms with Gasteiger partial charge in [0, 0.05) is 23.8 Å². The molecule has 0 aliphatic rings. The lowest BCUT2D eigenvalue weighted by atomic mass is 10.1. The summed E-state index contributed by atoms with van der Waals surface area (Å²) in [6, 6.07) is 12.6. The van der Waals surface area contributed by atoms with Crippen LogP contribution in [0.4, 0.5) is 5.82 Å². The minimum absolute atomic E-state index is 0.901. The number of hydrogen-bond donors (Lipinski definition) is 0. The van der Waals surface area contributed by atoms with E-state index in [4.69, 9.17) is 0 Å². The summed E-state index contributed by atoms with van der Waals surface area (Å²) in [6.45, 7) is 6.15. The van der Waals surface area contributed by atoms with Crippen molar-refractivity contribution in [2.24, 2.45) is 0 Å². The van der Waals surface area contributed by atoms with Crippen LogP contribution >= 0.6 is 15.9 Å². The van der Waals surface area contributed by atoms with Crippen molar-refractivity contribution in [3.8, 4) is 0 Å². The van der Waals surface area contributed by atoms with Crippen molar-refractivity contribution in [3.63, 3.8) is 0 Å². The largest absolute Gasteiger partial charge is 0.353 e. The molecule has 2 aromatic rings. The van der Waals surface area contributed by atoms with Crippen LogP contribution in [0, 0.1) is 6.92 Å². The Morgan fingerprint density at radius 2 is 1.94 bits per heavy atom. The summed E-state index contributed by atoms with van der Waals surface area (Å²) >= 11 is 3.41. The zero-order valence-electron chi connectivity index (χ0n) is 10.7. The van der Waals surface area contributed by atoms with E-state index in [1.165, 1.54) is 11.1 Å². The van der Waals surface area contributed by atoms with Crippen LogP contribution in [0.5, 0.6) is 0 Å². The van der Waals surface area contributed by atoms with Gasteiger partial charge in [0.05, 0.1) is 0 Å². The van der Waals surface area contributed by atoms with Gasteiger partial charge in [0.2, 0.25) is 0 Å². The van der Waals surface area contributed by atoms with Gasteiger partial charge in [-0.2, -0.15) is 0 Å². The summed E-state index contributed by atoms with van der Waals surface area (Å²) < 4.78 is 1.01. The van der Waals surface area contributed by atoms with Gasteiger partial charge in [-0.15, -0.1) is 0 Å². The number of pyridine rings is 1. The number of anilines is 1. The Kier molecular flexibility index (Phi) is 4.37. The minimum Gasteiger partial charge on any atom is -0.353 e. The molecule has 0 aliphatic heterocycles. The number of halogens is 1. The molecule has 0 atom stereocenters. The van der Waals surface area contributed by atoms with Gasteiger partial charge < -0.3 is 4.90 Å². The van der Waals surface area contributed by atoms with Crippen molar-refractivity contribution < 1.29 is 0 Å². The number of aryl methyl sites for hydroxylation is 1. The lowest BCUT2D eigenvalue weighted by molar-refractivity contribution is 0.809. The molecule has 0 fully saturated rings. The molecule has 1 heterocycles. The lowest BCUT2D eigenvalue weighted by Crippen LogP contribution is -2.23. The molecule has 0 bridgehead atoms. The van der Waals surface area contributed by atoms with Crippen molar-refractivity contribution >= 4 is 21.7 Å². The number of aromatic nitrogens is 1. The fourth-order valence-electron chi connectivity index (χ4n) is 1.90. The molecule has 1 aromatic carbocycles. The summed E-state index contributed by atoms with van der Waals surface area (Å²) in [5, 5.41) is 0. The van der Waals surface area contributed by atoms with Crippen molar-refractivity contribution in [2.45, 2.75) is 20.4 Å². The third kappa shape index (κ3) is 3.10. The quantitative estimate of drug-likeness (QED) is 0.842. The fourth-order valence-corrected chi connectivity index (χ4v) is 2.14. The van der Waals surface area contributed by atoms with E-state index in [0.29, 0.717) is 0 Å². The Labute approximate surface area is 117 Å². The summed E-state index contributed by atoms with van der Waals surface area (Å²) in [5.41, 5.74) is 2.68. The van der Waals surface area contributed by atoms with Gasteiger partial charge in [-0.05, 0) is 53.0 Å². The smallest absolute Gasteiger partial charge is 0.128 e. The van der Waals surface area contributed by atoms with Crippen LogP contribution in [0.15, 0.2) is 47.1 Å². The van der Waals surface area contributed by atoms with E-state index in [9.17, 15) is 0 Å². The average Bonchev–Trinajstić information content (AvgIpc) is 2.39. The van der Waals surface area contributed by atoms with E-state index in [2.05, 4.69) is 63.9 Å². The summed E-state index contributed by atoms with van der Waals surface area (Å²) in [7, 11) is 0. The third-order valence-electron chi connectivity index (χ3n) is 3.04. The van der Waals surface area contributed by atoms with Gasteiger partial charge in [0.1, 0.15) is 5.82 Å². The second kappa shape index (κ2) is 6.01. The van der Waals surface area contributed by atoms with E-state index in [0.717, 1.165) is 23.4 Å². The van der Waals surface area contributed by atoms with E-state index in [1.807, 2.05) is 18.3 Å². The molecule has 0 spiro atoms. The highest BCUT2D eigenvalue weighted by Gasteiger charge is 2.07. The molecule has 2 rings (SSSR count). The molecule has 2 nitrogen and oxygen atoms in total. The summed E-state index contributed by atoms with van der Waals surface area (Å²) in [4.78, 5) is 6.73. The van der Waals surface area contributed by atoms with Gasteiger partial charge in [0.15, 0.2) is 0 Å². The van der Waals surface area contributed by atoms with Gasteiger partial charge in [-0.1, -0.05) is 24.3 Å². The highest BCUT2D eigenvalue weighted by atomic mass is 79.9. The first-order chi connectivity index (χ1) is 8.70. The number of rotatable bonds is 4. The number of nitrogens with zero attached hydrogens (tertiary/aromatic N) is 2. The van der Waals surface area contributed by atoms with Gasteiger partial charge >= 0.3 is 0 Å². The Balaban J connectivity index is 2.20. The molecular weight excluding hydrogens is 288 g/mol. The molecule has 0 amide bonds. The van der Waals surface area contributed by atoms with Crippen molar-refractivity contribution in [2.75, 3.05) is 11.4 Å². The van der Waals surface area contributed by atoms with Crippen LogP contribution in [0.25, 0.3) is 0 Å². The normalized spacial score (nSPS) is 10.4. The Bertz CT molecular complexity index is 508.